The lowest BCUT2D eigenvalue weighted by Gasteiger charge is -2.37. The zero-order chi connectivity index (χ0) is 22.8. The molecule has 0 saturated heterocycles. The Kier molecular flexibility index (Phi) is 5.59. The molecule has 1 atom stereocenters. The number of hydrogen-bond acceptors (Lipinski definition) is 5. The minimum Gasteiger partial charge on any atom is -0.467 e. The quantitative estimate of drug-likeness (QED) is 0.414. The van der Waals surface area contributed by atoms with Crippen LogP contribution in [0, 0.1) is 11.3 Å². The lowest BCUT2D eigenvalue weighted by molar-refractivity contribution is 0.0652. The van der Waals surface area contributed by atoms with Crippen molar-refractivity contribution < 1.29 is 9.21 Å². The predicted octanol–water partition coefficient (Wildman–Crippen LogP) is 5.48. The van der Waals surface area contributed by atoms with Crippen molar-refractivity contribution >= 4 is 23.2 Å². The summed E-state index contributed by atoms with van der Waals surface area (Å²) in [6.07, 6.45) is 3.34. The second-order valence-corrected chi connectivity index (χ2v) is 8.15. The van der Waals surface area contributed by atoms with Gasteiger partial charge in [0.05, 0.1) is 43.1 Å². The molecule has 0 bridgehead atoms. The Morgan fingerprint density at radius 2 is 1.94 bits per heavy atom. The van der Waals surface area contributed by atoms with Crippen molar-refractivity contribution in [3.05, 3.63) is 95.0 Å². The van der Waals surface area contributed by atoms with Gasteiger partial charge in [0, 0.05) is 28.0 Å². The number of nitrogens with zero attached hydrogens (tertiary/aromatic N) is 4. The topological polar surface area (TPSA) is 87.1 Å². The van der Waals surface area contributed by atoms with E-state index >= 15 is 0 Å². The number of anilines is 1. The number of halogens is 1. The van der Waals surface area contributed by atoms with Crippen LogP contribution in [0.2, 0.25) is 5.02 Å². The molecule has 1 aliphatic heterocycles. The molecule has 0 fully saturated rings. The van der Waals surface area contributed by atoms with E-state index in [4.69, 9.17) is 26.4 Å². The van der Waals surface area contributed by atoms with Gasteiger partial charge < -0.3 is 14.6 Å². The third kappa shape index (κ3) is 4.09. The van der Waals surface area contributed by atoms with E-state index < -0.39 is 6.17 Å². The number of nitrogens with one attached hydrogen (secondary N) is 1. The Bertz CT molecular complexity index is 1320. The molecule has 33 heavy (non-hydrogen) atoms. The smallest absolute Gasteiger partial charge is 0.258 e. The fraction of sp³-hybridized carbons (Fsp3) is 0.160. The molecular formula is C25H20ClN5O2. The van der Waals surface area contributed by atoms with Gasteiger partial charge in [-0.15, -0.1) is 0 Å². The van der Waals surface area contributed by atoms with Gasteiger partial charge in [0.25, 0.3) is 5.91 Å². The second kappa shape index (κ2) is 8.85. The molecule has 3 heterocycles. The van der Waals surface area contributed by atoms with Gasteiger partial charge in [-0.05, 0) is 36.4 Å². The predicted molar refractivity (Wildman–Crippen MR) is 124 cm³/mol. The highest BCUT2D eigenvalue weighted by atomic mass is 35.5. The molecule has 0 spiro atoms. The number of rotatable bonds is 6. The van der Waals surface area contributed by atoms with Gasteiger partial charge in [0.2, 0.25) is 0 Å². The van der Waals surface area contributed by atoms with Crippen LogP contribution >= 0.6 is 11.6 Å². The van der Waals surface area contributed by atoms with E-state index in [0.717, 1.165) is 22.5 Å². The van der Waals surface area contributed by atoms with E-state index in [1.165, 1.54) is 0 Å². The largest absolute Gasteiger partial charge is 0.467 e. The van der Waals surface area contributed by atoms with Crippen LogP contribution < -0.4 is 5.32 Å². The van der Waals surface area contributed by atoms with Crippen LogP contribution in [-0.4, -0.2) is 20.6 Å². The maximum atomic E-state index is 13.6. The highest BCUT2D eigenvalue weighted by Crippen LogP contribution is 2.38. The van der Waals surface area contributed by atoms with Crippen LogP contribution in [0.25, 0.3) is 11.3 Å². The average molecular weight is 458 g/mol. The van der Waals surface area contributed by atoms with Crippen molar-refractivity contribution in [3.8, 4) is 17.3 Å². The summed E-state index contributed by atoms with van der Waals surface area (Å²) in [5, 5.41) is 17.9. The fourth-order valence-electron chi connectivity index (χ4n) is 4.02. The van der Waals surface area contributed by atoms with E-state index in [2.05, 4.69) is 11.4 Å². The fourth-order valence-corrected chi connectivity index (χ4v) is 4.15. The van der Waals surface area contributed by atoms with Crippen LogP contribution in [-0.2, 0) is 13.1 Å². The number of amides is 1. The van der Waals surface area contributed by atoms with Crippen molar-refractivity contribution in [2.75, 3.05) is 5.32 Å². The molecule has 164 valence electrons. The van der Waals surface area contributed by atoms with Crippen LogP contribution in [0.5, 0.6) is 0 Å². The highest BCUT2D eigenvalue weighted by Gasteiger charge is 2.36. The van der Waals surface area contributed by atoms with Gasteiger partial charge in [-0.1, -0.05) is 35.9 Å². The lowest BCUT2D eigenvalue weighted by atomic mass is 10.0. The first-order valence-electron chi connectivity index (χ1n) is 10.5. The number of aryl methyl sites for hydroxylation is 1. The first-order chi connectivity index (χ1) is 16.1. The second-order valence-electron chi connectivity index (χ2n) is 7.72. The maximum absolute atomic E-state index is 13.6. The van der Waals surface area contributed by atoms with E-state index in [-0.39, 0.29) is 5.91 Å². The highest BCUT2D eigenvalue weighted by molar-refractivity contribution is 6.30. The maximum Gasteiger partial charge on any atom is 0.258 e. The monoisotopic (exact) mass is 457 g/mol. The average Bonchev–Trinajstić information content (AvgIpc) is 3.50. The zero-order valence-electron chi connectivity index (χ0n) is 17.6. The molecule has 0 saturated carbocycles. The number of carbonyl (C=O) groups excluding carboxylic acids is 1. The normalized spacial score (nSPS) is 15.1. The summed E-state index contributed by atoms with van der Waals surface area (Å²) in [6.45, 7) is 0.744. The molecule has 5 rings (SSSR count). The molecule has 0 unspecified atom stereocenters. The number of para-hydroxylation sites is 1. The van der Waals surface area contributed by atoms with E-state index in [9.17, 15) is 4.79 Å². The summed E-state index contributed by atoms with van der Waals surface area (Å²) in [6, 6.07) is 20.7. The van der Waals surface area contributed by atoms with Gasteiger partial charge in [-0.25, -0.2) is 0 Å². The number of fused-ring (bicyclic) bond motifs is 1. The number of aromatic nitrogens is 2. The number of nitriles is 1. The van der Waals surface area contributed by atoms with E-state index in [1.54, 1.807) is 21.9 Å². The standard InChI is InChI=1S/C25H20ClN5O2/c26-18-10-8-17(9-11-18)23-21(16-30(29-23)13-4-12-27)24-28-22-7-2-1-6-20(22)25(32)31(24)15-19-5-3-14-33-19/h1-3,5-11,14,16,24,28H,4,13,15H2/t24-/m0/s1. The first-order valence-corrected chi connectivity index (χ1v) is 10.9. The van der Waals surface area contributed by atoms with Gasteiger partial charge in [-0.3, -0.25) is 9.48 Å². The Hall–Kier alpha value is -4.02. The van der Waals surface area contributed by atoms with Gasteiger partial charge >= 0.3 is 0 Å². The number of hydrogen-bond donors (Lipinski definition) is 1. The Balaban J connectivity index is 1.63. The summed E-state index contributed by atoms with van der Waals surface area (Å²) in [7, 11) is 0. The Morgan fingerprint density at radius 3 is 2.70 bits per heavy atom. The molecule has 0 aliphatic carbocycles. The number of carbonyl (C=O) groups is 1. The van der Waals surface area contributed by atoms with Crippen molar-refractivity contribution in [2.45, 2.75) is 25.7 Å². The minimum atomic E-state index is -0.487. The van der Waals surface area contributed by atoms with Crippen LogP contribution in [0.4, 0.5) is 5.69 Å². The Labute approximate surface area is 195 Å². The molecule has 2 aromatic heterocycles. The molecule has 1 N–H and O–H groups in total. The van der Waals surface area contributed by atoms with Crippen molar-refractivity contribution in [2.24, 2.45) is 0 Å². The van der Waals surface area contributed by atoms with Crippen LogP contribution in [0.1, 0.15) is 34.3 Å². The van der Waals surface area contributed by atoms with Gasteiger partial charge in [0.1, 0.15) is 11.9 Å². The van der Waals surface area contributed by atoms with E-state index in [1.807, 2.05) is 60.8 Å². The lowest BCUT2D eigenvalue weighted by Crippen LogP contribution is -2.42. The molecule has 1 aliphatic rings. The molecule has 1 amide bonds. The number of benzene rings is 2. The summed E-state index contributed by atoms with van der Waals surface area (Å²) in [5.41, 5.74) is 3.78. The zero-order valence-corrected chi connectivity index (χ0v) is 18.4. The van der Waals surface area contributed by atoms with Crippen LogP contribution in [0.3, 0.4) is 0 Å². The molecule has 8 heteroatoms. The van der Waals surface area contributed by atoms with Gasteiger partial charge in [-0.2, -0.15) is 10.4 Å². The molecule has 2 aromatic carbocycles. The molecule has 0 radical (unpaired) electrons. The van der Waals surface area contributed by atoms with Crippen molar-refractivity contribution in [3.63, 3.8) is 0 Å². The van der Waals surface area contributed by atoms with Gasteiger partial charge in [0.15, 0.2) is 0 Å². The summed E-state index contributed by atoms with van der Waals surface area (Å²) >= 11 is 6.10. The van der Waals surface area contributed by atoms with E-state index in [0.29, 0.717) is 35.9 Å². The summed E-state index contributed by atoms with van der Waals surface area (Å²) < 4.78 is 7.30. The Morgan fingerprint density at radius 1 is 1.12 bits per heavy atom. The number of furan rings is 1. The minimum absolute atomic E-state index is 0.0995. The van der Waals surface area contributed by atoms with Crippen molar-refractivity contribution in [1.82, 2.24) is 14.7 Å². The molecular weight excluding hydrogens is 438 g/mol. The SMILES string of the molecule is N#CCCn1cc([C@H]2Nc3ccccc3C(=O)N2Cc2ccco2)c(-c2ccc(Cl)cc2)n1. The molecule has 4 aromatic rings. The summed E-state index contributed by atoms with van der Waals surface area (Å²) in [5.74, 6) is 0.581. The van der Waals surface area contributed by atoms with Crippen LogP contribution in [0.15, 0.2) is 77.5 Å². The first kappa shape index (κ1) is 20.9. The molecule has 7 nitrogen and oxygen atoms in total. The third-order valence-electron chi connectivity index (χ3n) is 5.58. The van der Waals surface area contributed by atoms with Crippen molar-refractivity contribution in [1.29, 1.82) is 5.26 Å². The third-order valence-corrected chi connectivity index (χ3v) is 5.84. The summed E-state index contributed by atoms with van der Waals surface area (Å²) in [4.78, 5) is 15.3.